The summed E-state index contributed by atoms with van der Waals surface area (Å²) < 4.78 is 14.5. The van der Waals surface area contributed by atoms with Crippen LogP contribution in [0.15, 0.2) is 36.7 Å². The number of aryl methyl sites for hydroxylation is 2. The van der Waals surface area contributed by atoms with Gasteiger partial charge in [0.2, 0.25) is 0 Å². The molecule has 2 N–H and O–H groups in total. The zero-order valence-electron chi connectivity index (χ0n) is 8.94. The van der Waals surface area contributed by atoms with Gasteiger partial charge in [0.25, 0.3) is 0 Å². The fourth-order valence-electron chi connectivity index (χ4n) is 1.53. The van der Waals surface area contributed by atoms with Gasteiger partial charge in [0.15, 0.2) is 0 Å². The Morgan fingerprint density at radius 3 is 2.56 bits per heavy atom. The summed E-state index contributed by atoms with van der Waals surface area (Å²) in [6.45, 7) is 1.29. The van der Waals surface area contributed by atoms with Crippen molar-refractivity contribution in [1.29, 1.82) is 0 Å². The van der Waals surface area contributed by atoms with Gasteiger partial charge in [0.05, 0.1) is 6.20 Å². The van der Waals surface area contributed by atoms with Crippen molar-refractivity contribution in [3.63, 3.8) is 0 Å². The predicted octanol–water partition coefficient (Wildman–Crippen LogP) is 1.72. The molecule has 0 aliphatic carbocycles. The molecule has 4 heteroatoms. The Bertz CT molecular complexity index is 448. The van der Waals surface area contributed by atoms with Gasteiger partial charge in [-0.15, -0.1) is 0 Å². The first-order chi connectivity index (χ1) is 7.78. The third-order valence-electron chi connectivity index (χ3n) is 2.47. The van der Waals surface area contributed by atoms with E-state index in [0.29, 0.717) is 6.54 Å². The molecule has 0 atom stereocenters. The highest BCUT2D eigenvalue weighted by molar-refractivity contribution is 5.16. The molecule has 84 valence electrons. The normalized spacial score (nSPS) is 10.6. The molecule has 2 aromatic rings. The molecule has 0 saturated carbocycles. The van der Waals surface area contributed by atoms with Crippen LogP contribution in [0.1, 0.15) is 11.1 Å². The number of benzene rings is 1. The lowest BCUT2D eigenvalue weighted by molar-refractivity contribution is 0.609. The topological polar surface area (TPSA) is 43.8 Å². The quantitative estimate of drug-likeness (QED) is 0.851. The minimum absolute atomic E-state index is 0.201. The maximum absolute atomic E-state index is 12.7. The second-order valence-electron chi connectivity index (χ2n) is 3.69. The lowest BCUT2D eigenvalue weighted by Crippen LogP contribution is -2.02. The zero-order chi connectivity index (χ0) is 11.4. The maximum Gasteiger partial charge on any atom is 0.123 e. The standard InChI is InChI=1S/C12H14FN3/c13-12-3-1-10(2-4-12)5-6-16-9-11(7-14)8-15-16/h1-4,8-9H,5-7,14H2. The van der Waals surface area contributed by atoms with E-state index in [1.54, 1.807) is 18.3 Å². The first kappa shape index (κ1) is 10.8. The second kappa shape index (κ2) is 4.90. The molecule has 0 aliphatic rings. The molecule has 1 heterocycles. The molecule has 0 fully saturated rings. The van der Waals surface area contributed by atoms with Crippen LogP contribution in [-0.4, -0.2) is 9.78 Å². The monoisotopic (exact) mass is 219 g/mol. The highest BCUT2D eigenvalue weighted by Gasteiger charge is 1.98. The van der Waals surface area contributed by atoms with Crippen LogP contribution in [0.4, 0.5) is 4.39 Å². The molecule has 0 unspecified atom stereocenters. The van der Waals surface area contributed by atoms with E-state index in [2.05, 4.69) is 5.10 Å². The number of hydrogen-bond acceptors (Lipinski definition) is 2. The Balaban J connectivity index is 1.94. The SMILES string of the molecule is NCc1cnn(CCc2ccc(F)cc2)c1. The van der Waals surface area contributed by atoms with Crippen molar-refractivity contribution in [1.82, 2.24) is 9.78 Å². The number of rotatable bonds is 4. The molecule has 0 bridgehead atoms. The molecule has 2 rings (SSSR count). The van der Waals surface area contributed by atoms with Crippen LogP contribution in [0.2, 0.25) is 0 Å². The molecule has 0 aliphatic heterocycles. The summed E-state index contributed by atoms with van der Waals surface area (Å²) in [6.07, 6.45) is 4.54. The van der Waals surface area contributed by atoms with Gasteiger partial charge in [-0.2, -0.15) is 5.10 Å². The Morgan fingerprint density at radius 2 is 1.94 bits per heavy atom. The Labute approximate surface area is 93.7 Å². The summed E-state index contributed by atoms with van der Waals surface area (Å²) in [4.78, 5) is 0. The summed E-state index contributed by atoms with van der Waals surface area (Å²) in [5.74, 6) is -0.201. The maximum atomic E-state index is 12.7. The third-order valence-corrected chi connectivity index (χ3v) is 2.47. The Morgan fingerprint density at radius 1 is 1.19 bits per heavy atom. The van der Waals surface area contributed by atoms with Gasteiger partial charge in [-0.05, 0) is 24.1 Å². The van der Waals surface area contributed by atoms with Crippen molar-refractivity contribution in [2.75, 3.05) is 0 Å². The summed E-state index contributed by atoms with van der Waals surface area (Å²) in [5, 5.41) is 4.18. The number of nitrogens with zero attached hydrogens (tertiary/aromatic N) is 2. The fourth-order valence-corrected chi connectivity index (χ4v) is 1.53. The fraction of sp³-hybridized carbons (Fsp3) is 0.250. The Hall–Kier alpha value is -1.68. The van der Waals surface area contributed by atoms with E-state index in [1.807, 2.05) is 10.9 Å². The van der Waals surface area contributed by atoms with Gasteiger partial charge < -0.3 is 5.73 Å². The van der Waals surface area contributed by atoms with Crippen molar-refractivity contribution >= 4 is 0 Å². The summed E-state index contributed by atoms with van der Waals surface area (Å²) in [6, 6.07) is 6.54. The van der Waals surface area contributed by atoms with Crippen LogP contribution < -0.4 is 5.73 Å². The largest absolute Gasteiger partial charge is 0.326 e. The van der Waals surface area contributed by atoms with Crippen LogP contribution in [0.3, 0.4) is 0 Å². The number of aromatic nitrogens is 2. The van der Waals surface area contributed by atoms with Gasteiger partial charge in [-0.3, -0.25) is 4.68 Å². The van der Waals surface area contributed by atoms with E-state index in [-0.39, 0.29) is 5.82 Å². The number of nitrogens with two attached hydrogens (primary N) is 1. The van der Waals surface area contributed by atoms with E-state index < -0.39 is 0 Å². The van der Waals surface area contributed by atoms with E-state index in [1.165, 1.54) is 12.1 Å². The smallest absolute Gasteiger partial charge is 0.123 e. The first-order valence-corrected chi connectivity index (χ1v) is 5.24. The second-order valence-corrected chi connectivity index (χ2v) is 3.69. The van der Waals surface area contributed by atoms with Crippen molar-refractivity contribution < 1.29 is 4.39 Å². The molecule has 0 saturated heterocycles. The van der Waals surface area contributed by atoms with Gasteiger partial charge in [0, 0.05) is 24.8 Å². The lowest BCUT2D eigenvalue weighted by atomic mass is 10.1. The molecule has 0 radical (unpaired) electrons. The van der Waals surface area contributed by atoms with Gasteiger partial charge in [-0.25, -0.2) is 4.39 Å². The molecule has 1 aromatic heterocycles. The van der Waals surface area contributed by atoms with Crippen LogP contribution >= 0.6 is 0 Å². The number of halogens is 1. The van der Waals surface area contributed by atoms with Crippen molar-refractivity contribution in [3.05, 3.63) is 53.6 Å². The highest BCUT2D eigenvalue weighted by Crippen LogP contribution is 2.05. The Kier molecular flexibility index (Phi) is 3.31. The molecule has 3 nitrogen and oxygen atoms in total. The molecular weight excluding hydrogens is 205 g/mol. The van der Waals surface area contributed by atoms with Gasteiger partial charge in [-0.1, -0.05) is 12.1 Å². The van der Waals surface area contributed by atoms with Crippen LogP contribution in [-0.2, 0) is 19.5 Å². The molecule has 16 heavy (non-hydrogen) atoms. The van der Waals surface area contributed by atoms with Crippen LogP contribution in [0.5, 0.6) is 0 Å². The predicted molar refractivity (Wildman–Crippen MR) is 60.2 cm³/mol. The number of hydrogen-bond donors (Lipinski definition) is 1. The average Bonchev–Trinajstić information content (AvgIpc) is 2.76. The van der Waals surface area contributed by atoms with Crippen LogP contribution in [0.25, 0.3) is 0 Å². The van der Waals surface area contributed by atoms with Gasteiger partial charge in [0.1, 0.15) is 5.82 Å². The molecular formula is C12H14FN3. The molecule has 0 spiro atoms. The summed E-state index contributed by atoms with van der Waals surface area (Å²) in [5.41, 5.74) is 7.62. The summed E-state index contributed by atoms with van der Waals surface area (Å²) in [7, 11) is 0. The van der Waals surface area contributed by atoms with Crippen molar-refractivity contribution in [2.24, 2.45) is 5.73 Å². The van der Waals surface area contributed by atoms with E-state index in [4.69, 9.17) is 5.73 Å². The van der Waals surface area contributed by atoms with Crippen LogP contribution in [0, 0.1) is 5.82 Å². The van der Waals surface area contributed by atoms with Crippen molar-refractivity contribution in [3.8, 4) is 0 Å². The van der Waals surface area contributed by atoms with E-state index in [0.717, 1.165) is 24.1 Å². The van der Waals surface area contributed by atoms with E-state index >= 15 is 0 Å². The summed E-state index contributed by atoms with van der Waals surface area (Å²) >= 11 is 0. The third kappa shape index (κ3) is 2.67. The first-order valence-electron chi connectivity index (χ1n) is 5.24. The minimum Gasteiger partial charge on any atom is -0.326 e. The minimum atomic E-state index is -0.201. The zero-order valence-corrected chi connectivity index (χ0v) is 8.94. The van der Waals surface area contributed by atoms with Crippen molar-refractivity contribution in [2.45, 2.75) is 19.5 Å². The molecule has 1 aromatic carbocycles. The highest BCUT2D eigenvalue weighted by atomic mass is 19.1. The average molecular weight is 219 g/mol. The van der Waals surface area contributed by atoms with Gasteiger partial charge >= 0.3 is 0 Å². The van der Waals surface area contributed by atoms with E-state index in [9.17, 15) is 4.39 Å². The lowest BCUT2D eigenvalue weighted by Gasteiger charge is -2.01. The molecule has 0 amide bonds.